The first kappa shape index (κ1) is 13.9. The molecule has 2 aromatic rings. The van der Waals surface area contributed by atoms with E-state index in [-0.39, 0.29) is 5.78 Å². The van der Waals surface area contributed by atoms with Gasteiger partial charge in [0.2, 0.25) is 5.78 Å². The summed E-state index contributed by atoms with van der Waals surface area (Å²) in [4.78, 5) is 11.9. The third kappa shape index (κ3) is 4.00. The van der Waals surface area contributed by atoms with Gasteiger partial charge in [-0.05, 0) is 30.0 Å². The van der Waals surface area contributed by atoms with Gasteiger partial charge in [-0.15, -0.1) is 0 Å². The lowest BCUT2D eigenvalue weighted by atomic mass is 10.1. The van der Waals surface area contributed by atoms with Gasteiger partial charge < -0.3 is 4.74 Å². The second kappa shape index (κ2) is 7.16. The Morgan fingerprint density at radius 3 is 2.65 bits per heavy atom. The van der Waals surface area contributed by atoms with Gasteiger partial charge in [0.05, 0.1) is 7.11 Å². The predicted molar refractivity (Wildman–Crippen MR) is 79.9 cm³/mol. The summed E-state index contributed by atoms with van der Waals surface area (Å²) >= 11 is 0. The molecule has 0 saturated carbocycles. The number of carbonyl (C=O) groups is 1. The molecule has 2 nitrogen and oxygen atoms in total. The Morgan fingerprint density at radius 1 is 1.10 bits per heavy atom. The van der Waals surface area contributed by atoms with E-state index in [1.165, 1.54) is 5.56 Å². The van der Waals surface area contributed by atoms with Gasteiger partial charge in [-0.3, -0.25) is 4.79 Å². The van der Waals surface area contributed by atoms with Gasteiger partial charge in [-0.25, -0.2) is 0 Å². The van der Waals surface area contributed by atoms with E-state index in [0.717, 1.165) is 6.42 Å². The Hall–Kier alpha value is -2.53. The van der Waals surface area contributed by atoms with E-state index in [1.54, 1.807) is 31.4 Å². The highest BCUT2D eigenvalue weighted by Crippen LogP contribution is 2.12. The van der Waals surface area contributed by atoms with Gasteiger partial charge in [0, 0.05) is 12.0 Å². The summed E-state index contributed by atoms with van der Waals surface area (Å²) in [5.74, 6) is 6.10. The largest absolute Gasteiger partial charge is 0.497 e. The monoisotopic (exact) mass is 264 g/mol. The van der Waals surface area contributed by atoms with Crippen molar-refractivity contribution in [3.63, 3.8) is 0 Å². The Morgan fingerprint density at radius 2 is 1.90 bits per heavy atom. The summed E-state index contributed by atoms with van der Waals surface area (Å²) in [7, 11) is 1.58. The van der Waals surface area contributed by atoms with Gasteiger partial charge in [0.15, 0.2) is 0 Å². The summed E-state index contributed by atoms with van der Waals surface area (Å²) in [6, 6.07) is 17.2. The topological polar surface area (TPSA) is 26.3 Å². The molecule has 0 aromatic heterocycles. The maximum Gasteiger partial charge on any atom is 0.236 e. The number of carbonyl (C=O) groups excluding carboxylic acids is 1. The van der Waals surface area contributed by atoms with E-state index in [4.69, 9.17) is 4.74 Å². The van der Waals surface area contributed by atoms with Crippen LogP contribution in [0.2, 0.25) is 0 Å². The van der Waals surface area contributed by atoms with Crippen molar-refractivity contribution < 1.29 is 9.53 Å². The van der Waals surface area contributed by atoms with E-state index < -0.39 is 0 Å². The molecule has 0 fully saturated rings. The Labute approximate surface area is 119 Å². The number of hydrogen-bond donors (Lipinski definition) is 0. The van der Waals surface area contributed by atoms with Crippen LogP contribution in [0.4, 0.5) is 0 Å². The minimum atomic E-state index is -0.169. The number of rotatable bonds is 4. The number of Topliss-reactive ketones (excluding diaryl/α,β-unsaturated/α-hetero) is 1. The van der Waals surface area contributed by atoms with Gasteiger partial charge in [-0.1, -0.05) is 48.4 Å². The molecule has 2 heteroatoms. The summed E-state index contributed by atoms with van der Waals surface area (Å²) in [5, 5.41) is 0. The third-order valence-electron chi connectivity index (χ3n) is 2.92. The molecule has 2 rings (SSSR count). The van der Waals surface area contributed by atoms with Crippen molar-refractivity contribution in [2.24, 2.45) is 0 Å². The van der Waals surface area contributed by atoms with Gasteiger partial charge in [0.1, 0.15) is 5.75 Å². The highest BCUT2D eigenvalue weighted by atomic mass is 16.5. The van der Waals surface area contributed by atoms with Gasteiger partial charge in [0.25, 0.3) is 0 Å². The van der Waals surface area contributed by atoms with Crippen LogP contribution in [0.25, 0.3) is 0 Å². The molecule has 0 unspecified atom stereocenters. The molecule has 20 heavy (non-hydrogen) atoms. The second-order valence-electron chi connectivity index (χ2n) is 4.35. The lowest BCUT2D eigenvalue weighted by molar-refractivity contribution is 0.105. The normalized spacial score (nSPS) is 9.45. The number of aryl methyl sites for hydroxylation is 1. The summed E-state index contributed by atoms with van der Waals surface area (Å²) < 4.78 is 5.09. The summed E-state index contributed by atoms with van der Waals surface area (Å²) in [6.07, 6.45) is 1.54. The molecule has 2 aromatic carbocycles. The molecule has 0 atom stereocenters. The van der Waals surface area contributed by atoms with E-state index >= 15 is 0 Å². The van der Waals surface area contributed by atoms with Crippen LogP contribution in [0.1, 0.15) is 22.3 Å². The predicted octanol–water partition coefficient (Wildman–Crippen LogP) is 3.51. The van der Waals surface area contributed by atoms with Crippen molar-refractivity contribution in [3.05, 3.63) is 65.7 Å². The molecule has 0 aliphatic carbocycles. The van der Waals surface area contributed by atoms with Crippen molar-refractivity contribution >= 4 is 5.78 Å². The lowest BCUT2D eigenvalue weighted by Gasteiger charge is -1.99. The second-order valence-corrected chi connectivity index (χ2v) is 4.35. The number of ketones is 1. The van der Waals surface area contributed by atoms with Crippen LogP contribution in [0.5, 0.6) is 5.75 Å². The van der Waals surface area contributed by atoms with Crippen molar-refractivity contribution in [1.82, 2.24) is 0 Å². The van der Waals surface area contributed by atoms with E-state index in [2.05, 4.69) is 24.0 Å². The Kier molecular flexibility index (Phi) is 4.97. The number of methoxy groups -OCH3 is 1. The summed E-state index contributed by atoms with van der Waals surface area (Å²) in [6.45, 7) is 0. The first-order valence-electron chi connectivity index (χ1n) is 6.51. The maximum atomic E-state index is 11.9. The molecule has 0 aliphatic heterocycles. The zero-order valence-electron chi connectivity index (χ0n) is 11.4. The van der Waals surface area contributed by atoms with Crippen LogP contribution < -0.4 is 4.74 Å². The van der Waals surface area contributed by atoms with Crippen LogP contribution >= 0.6 is 0 Å². The molecule has 0 spiro atoms. The van der Waals surface area contributed by atoms with Crippen LogP contribution in [0.3, 0.4) is 0 Å². The van der Waals surface area contributed by atoms with E-state index in [9.17, 15) is 4.79 Å². The fourth-order valence-electron chi connectivity index (χ4n) is 1.83. The molecule has 0 bridgehead atoms. The SMILES string of the molecule is COc1cccc(C(=O)C#CCCc2ccccc2)c1. The average Bonchev–Trinajstić information content (AvgIpc) is 2.52. The molecule has 0 N–H and O–H groups in total. The molecule has 100 valence electrons. The molecular formula is C18H16O2. The van der Waals surface area contributed by atoms with Gasteiger partial charge >= 0.3 is 0 Å². The van der Waals surface area contributed by atoms with Crippen LogP contribution in [0.15, 0.2) is 54.6 Å². The standard InChI is InChI=1S/C18H16O2/c1-20-17-12-7-11-16(14-17)18(19)13-6-5-10-15-8-3-2-4-9-15/h2-4,7-9,11-12,14H,5,10H2,1H3. The van der Waals surface area contributed by atoms with E-state index in [1.807, 2.05) is 18.2 Å². The molecule has 0 radical (unpaired) electrons. The third-order valence-corrected chi connectivity index (χ3v) is 2.92. The number of ether oxygens (including phenoxy) is 1. The van der Waals surface area contributed by atoms with E-state index in [0.29, 0.717) is 17.7 Å². The highest BCUT2D eigenvalue weighted by molar-refractivity contribution is 6.09. The van der Waals surface area contributed by atoms with Crippen molar-refractivity contribution in [2.75, 3.05) is 7.11 Å². The Balaban J connectivity index is 1.93. The quantitative estimate of drug-likeness (QED) is 0.480. The first-order valence-corrected chi connectivity index (χ1v) is 6.51. The molecule has 0 amide bonds. The zero-order chi connectivity index (χ0) is 14.2. The van der Waals surface area contributed by atoms with Crippen molar-refractivity contribution in [2.45, 2.75) is 12.8 Å². The van der Waals surface area contributed by atoms with Gasteiger partial charge in [-0.2, -0.15) is 0 Å². The highest BCUT2D eigenvalue weighted by Gasteiger charge is 2.02. The maximum absolute atomic E-state index is 11.9. The van der Waals surface area contributed by atoms with Crippen LogP contribution in [0, 0.1) is 11.8 Å². The number of benzene rings is 2. The molecule has 0 aliphatic rings. The fourth-order valence-corrected chi connectivity index (χ4v) is 1.83. The molecule has 0 heterocycles. The number of hydrogen-bond acceptors (Lipinski definition) is 2. The average molecular weight is 264 g/mol. The minimum absolute atomic E-state index is 0.169. The van der Waals surface area contributed by atoms with Crippen molar-refractivity contribution in [1.29, 1.82) is 0 Å². The minimum Gasteiger partial charge on any atom is -0.497 e. The zero-order valence-corrected chi connectivity index (χ0v) is 11.4. The lowest BCUT2D eigenvalue weighted by Crippen LogP contribution is -1.95. The Bertz CT molecular complexity index is 633. The van der Waals surface area contributed by atoms with Crippen molar-refractivity contribution in [3.8, 4) is 17.6 Å². The summed E-state index contributed by atoms with van der Waals surface area (Å²) in [5.41, 5.74) is 1.80. The fraction of sp³-hybridized carbons (Fsp3) is 0.167. The smallest absolute Gasteiger partial charge is 0.236 e. The van der Waals surface area contributed by atoms with Crippen LogP contribution in [-0.2, 0) is 6.42 Å². The molecule has 0 saturated heterocycles. The first-order chi connectivity index (χ1) is 9.79. The van der Waals surface area contributed by atoms with Crippen LogP contribution in [-0.4, -0.2) is 12.9 Å². The molecular weight excluding hydrogens is 248 g/mol.